The number of amides is 1. The predicted molar refractivity (Wildman–Crippen MR) is 84.1 cm³/mol. The first-order valence-corrected chi connectivity index (χ1v) is 8.08. The number of hydrogen-bond acceptors (Lipinski definition) is 3. The van der Waals surface area contributed by atoms with Crippen LogP contribution < -0.4 is 5.73 Å². The minimum Gasteiger partial charge on any atom is -0.334 e. The molecule has 1 fully saturated rings. The van der Waals surface area contributed by atoms with Crippen molar-refractivity contribution in [3.8, 4) is 0 Å². The number of rotatable bonds is 2. The van der Waals surface area contributed by atoms with Gasteiger partial charge in [0.1, 0.15) is 0 Å². The summed E-state index contributed by atoms with van der Waals surface area (Å²) in [5, 5.41) is 3.21. The molecule has 0 saturated carbocycles. The molecule has 1 aliphatic heterocycles. The molecule has 3 rings (SSSR count). The molecule has 3 nitrogen and oxygen atoms in total. The topological polar surface area (TPSA) is 46.3 Å². The summed E-state index contributed by atoms with van der Waals surface area (Å²) in [6, 6.07) is 8.25. The summed E-state index contributed by atoms with van der Waals surface area (Å²) in [6.07, 6.45) is 3.26. The Bertz CT molecular complexity index is 620. The van der Waals surface area contributed by atoms with Gasteiger partial charge in [-0.25, -0.2) is 0 Å². The summed E-state index contributed by atoms with van der Waals surface area (Å²) >= 11 is 1.70. The summed E-state index contributed by atoms with van der Waals surface area (Å²) in [5.41, 5.74) is 6.84. The Morgan fingerprint density at radius 3 is 3.05 bits per heavy atom. The van der Waals surface area contributed by atoms with Crippen molar-refractivity contribution in [1.29, 1.82) is 0 Å². The molecule has 1 amide bonds. The molecule has 2 aromatic rings. The molecule has 0 spiro atoms. The Morgan fingerprint density at radius 1 is 1.40 bits per heavy atom. The van der Waals surface area contributed by atoms with Gasteiger partial charge in [-0.2, -0.15) is 0 Å². The van der Waals surface area contributed by atoms with E-state index >= 15 is 0 Å². The molecule has 106 valence electrons. The van der Waals surface area contributed by atoms with Crippen LogP contribution in [0.2, 0.25) is 0 Å². The molecular weight excluding hydrogens is 268 g/mol. The van der Waals surface area contributed by atoms with Crippen LogP contribution in [-0.2, 0) is 0 Å². The van der Waals surface area contributed by atoms with Gasteiger partial charge in [0.2, 0.25) is 0 Å². The maximum atomic E-state index is 12.8. The minimum absolute atomic E-state index is 0.0316. The maximum absolute atomic E-state index is 12.8. The molecule has 1 saturated heterocycles. The number of carbonyl (C=O) groups is 1. The van der Waals surface area contributed by atoms with E-state index in [1.807, 2.05) is 30.0 Å². The van der Waals surface area contributed by atoms with Crippen LogP contribution in [0.15, 0.2) is 29.6 Å². The van der Waals surface area contributed by atoms with Crippen molar-refractivity contribution in [3.05, 3.63) is 35.2 Å². The standard InChI is InChI=1S/C16H20N2OS/c1-11(17)14-4-2-3-8-18(14)16(19)13-5-6-15-12(10-13)7-9-20-15/h5-7,9-11,14H,2-4,8,17H2,1H3/t11-,14+/m1/s1. The van der Waals surface area contributed by atoms with E-state index in [1.165, 1.54) is 11.1 Å². The van der Waals surface area contributed by atoms with Gasteiger partial charge in [-0.05, 0) is 61.2 Å². The molecule has 0 bridgehead atoms. The number of fused-ring (bicyclic) bond motifs is 1. The largest absolute Gasteiger partial charge is 0.334 e. The van der Waals surface area contributed by atoms with E-state index in [0.717, 1.165) is 30.3 Å². The second kappa shape index (κ2) is 5.54. The number of benzene rings is 1. The third kappa shape index (κ3) is 2.45. The lowest BCUT2D eigenvalue weighted by molar-refractivity contribution is 0.0584. The van der Waals surface area contributed by atoms with E-state index < -0.39 is 0 Å². The van der Waals surface area contributed by atoms with E-state index in [9.17, 15) is 4.79 Å². The van der Waals surface area contributed by atoms with E-state index in [1.54, 1.807) is 11.3 Å². The summed E-state index contributed by atoms with van der Waals surface area (Å²) < 4.78 is 1.23. The second-order valence-corrected chi connectivity index (χ2v) is 6.54. The zero-order chi connectivity index (χ0) is 14.1. The van der Waals surface area contributed by atoms with Crippen LogP contribution in [0.5, 0.6) is 0 Å². The molecule has 0 radical (unpaired) electrons. The zero-order valence-electron chi connectivity index (χ0n) is 11.7. The summed E-state index contributed by atoms with van der Waals surface area (Å²) in [4.78, 5) is 14.7. The first kappa shape index (κ1) is 13.6. The first-order valence-electron chi connectivity index (χ1n) is 7.20. The molecule has 20 heavy (non-hydrogen) atoms. The van der Waals surface area contributed by atoms with Crippen LogP contribution in [0.3, 0.4) is 0 Å². The van der Waals surface area contributed by atoms with Gasteiger partial charge in [-0.3, -0.25) is 4.79 Å². The van der Waals surface area contributed by atoms with Gasteiger partial charge in [0, 0.05) is 28.9 Å². The highest BCUT2D eigenvalue weighted by molar-refractivity contribution is 7.17. The zero-order valence-corrected chi connectivity index (χ0v) is 12.5. The Morgan fingerprint density at radius 2 is 2.25 bits per heavy atom. The van der Waals surface area contributed by atoms with Gasteiger partial charge >= 0.3 is 0 Å². The number of likely N-dealkylation sites (tertiary alicyclic amines) is 1. The number of thiophene rings is 1. The van der Waals surface area contributed by atoms with Crippen LogP contribution in [0.1, 0.15) is 36.5 Å². The van der Waals surface area contributed by atoms with Crippen LogP contribution in [0.4, 0.5) is 0 Å². The Kier molecular flexibility index (Phi) is 3.76. The molecule has 0 aliphatic carbocycles. The van der Waals surface area contributed by atoms with E-state index in [0.29, 0.717) is 0 Å². The molecule has 1 aromatic heterocycles. The van der Waals surface area contributed by atoms with Crippen LogP contribution >= 0.6 is 11.3 Å². The molecule has 1 aliphatic rings. The van der Waals surface area contributed by atoms with Crippen LogP contribution in [0.25, 0.3) is 10.1 Å². The van der Waals surface area contributed by atoms with Gasteiger partial charge in [-0.15, -0.1) is 11.3 Å². The Labute approximate surface area is 123 Å². The molecule has 2 heterocycles. The van der Waals surface area contributed by atoms with Gasteiger partial charge in [0.05, 0.1) is 0 Å². The predicted octanol–water partition coefficient (Wildman–Crippen LogP) is 3.24. The van der Waals surface area contributed by atoms with E-state index in [4.69, 9.17) is 5.73 Å². The lowest BCUT2D eigenvalue weighted by Gasteiger charge is -2.38. The van der Waals surface area contributed by atoms with Crippen molar-refractivity contribution in [2.45, 2.75) is 38.3 Å². The Hall–Kier alpha value is -1.39. The average Bonchev–Trinajstić information content (AvgIpc) is 2.93. The highest BCUT2D eigenvalue weighted by atomic mass is 32.1. The van der Waals surface area contributed by atoms with E-state index in [-0.39, 0.29) is 18.0 Å². The molecule has 4 heteroatoms. The Balaban J connectivity index is 1.89. The normalized spacial score (nSPS) is 21.1. The number of carbonyl (C=O) groups excluding carboxylic acids is 1. The van der Waals surface area contributed by atoms with Gasteiger partial charge in [0.15, 0.2) is 0 Å². The van der Waals surface area contributed by atoms with Crippen LogP contribution in [0, 0.1) is 0 Å². The van der Waals surface area contributed by atoms with Gasteiger partial charge in [0.25, 0.3) is 5.91 Å². The summed E-state index contributed by atoms with van der Waals surface area (Å²) in [7, 11) is 0. The van der Waals surface area contributed by atoms with E-state index in [2.05, 4.69) is 11.4 Å². The first-order chi connectivity index (χ1) is 9.66. The van der Waals surface area contributed by atoms with Crippen LogP contribution in [-0.4, -0.2) is 29.4 Å². The second-order valence-electron chi connectivity index (χ2n) is 5.59. The minimum atomic E-state index is 0.0316. The number of hydrogen-bond donors (Lipinski definition) is 1. The van der Waals surface area contributed by atoms with Crippen molar-refractivity contribution >= 4 is 27.3 Å². The van der Waals surface area contributed by atoms with Gasteiger partial charge in [-0.1, -0.05) is 0 Å². The maximum Gasteiger partial charge on any atom is 0.254 e. The molecule has 2 atom stereocenters. The fourth-order valence-electron chi connectivity index (χ4n) is 3.02. The molecule has 1 aromatic carbocycles. The highest BCUT2D eigenvalue weighted by Gasteiger charge is 2.29. The van der Waals surface area contributed by atoms with Crippen molar-refractivity contribution in [3.63, 3.8) is 0 Å². The molecule has 0 unspecified atom stereocenters. The highest BCUT2D eigenvalue weighted by Crippen LogP contribution is 2.25. The molecule has 2 N–H and O–H groups in total. The summed E-state index contributed by atoms with van der Waals surface area (Å²) in [6.45, 7) is 2.82. The average molecular weight is 288 g/mol. The quantitative estimate of drug-likeness (QED) is 0.922. The number of nitrogens with two attached hydrogens (primary N) is 1. The third-order valence-corrected chi connectivity index (χ3v) is 5.01. The smallest absolute Gasteiger partial charge is 0.254 e. The van der Waals surface area contributed by atoms with Crippen molar-refractivity contribution in [2.24, 2.45) is 5.73 Å². The SMILES string of the molecule is C[C@@H](N)[C@@H]1CCCCN1C(=O)c1ccc2sccc2c1. The van der Waals surface area contributed by atoms with Gasteiger partial charge < -0.3 is 10.6 Å². The monoisotopic (exact) mass is 288 g/mol. The number of piperidine rings is 1. The fraction of sp³-hybridized carbons (Fsp3) is 0.438. The van der Waals surface area contributed by atoms with Crippen molar-refractivity contribution in [1.82, 2.24) is 4.90 Å². The lowest BCUT2D eigenvalue weighted by atomic mass is 9.96. The molecular formula is C16H20N2OS. The number of nitrogens with zero attached hydrogens (tertiary/aromatic N) is 1. The van der Waals surface area contributed by atoms with Crippen molar-refractivity contribution in [2.75, 3.05) is 6.54 Å². The third-order valence-electron chi connectivity index (χ3n) is 4.12. The van der Waals surface area contributed by atoms with Crippen molar-refractivity contribution < 1.29 is 4.79 Å². The lowest BCUT2D eigenvalue weighted by Crippen LogP contribution is -2.51. The fourth-order valence-corrected chi connectivity index (χ4v) is 3.79. The summed E-state index contributed by atoms with van der Waals surface area (Å²) in [5.74, 6) is 0.125.